The Hall–Kier alpha value is -4.43. The molecule has 20 heteroatoms. The van der Waals surface area contributed by atoms with Crippen LogP contribution in [0.4, 0.5) is 0 Å². The Morgan fingerprint density at radius 1 is 0.816 bits per heavy atom. The van der Waals surface area contributed by atoms with Crippen molar-refractivity contribution in [3.63, 3.8) is 0 Å². The summed E-state index contributed by atoms with van der Waals surface area (Å²) in [5.74, 6) is -3.80. The second-order valence-electron chi connectivity index (χ2n) is 8.32. The van der Waals surface area contributed by atoms with E-state index < -0.39 is 85.1 Å². The molecule has 0 aromatic carbocycles. The topological polar surface area (TPSA) is 303 Å². The number of carbonyl (C=O) groups excluding carboxylic acids is 3. The largest absolute Gasteiger partial charge is 0.459 e. The van der Waals surface area contributed by atoms with Crippen molar-refractivity contribution in [1.82, 2.24) is 0 Å². The lowest BCUT2D eigenvalue weighted by Gasteiger charge is -2.51. The van der Waals surface area contributed by atoms with E-state index in [-0.39, 0.29) is 6.42 Å². The molecular weight excluding hydrogens is 512 g/mol. The monoisotopic (exact) mass is 536 g/mol. The van der Waals surface area contributed by atoms with E-state index in [4.69, 9.17) is 30.0 Å². The third kappa shape index (κ3) is 7.08. The number of aliphatic hydroxyl groups is 1. The standard InChI is InChI=1S/C18H24N12O8/c1-6(31)35-15-10(25-29-21)4-9(24-28-20)12(14(15)34)17-13(26-30-22)18(37-8(3)33)16(36-7(2)32)11(38-17)5-23-27-19/h9-18,34H,4-5H2,1-3H3/t9-,10+,11+,12+,13-,14+,15-,16+,17+,18+/m0/s1. The summed E-state index contributed by atoms with van der Waals surface area (Å²) in [4.78, 5) is 46.4. The molecule has 0 unspecified atom stereocenters. The third-order valence-corrected chi connectivity index (χ3v) is 5.93. The maximum absolute atomic E-state index is 12.0. The number of ether oxygens (including phenoxy) is 4. The molecule has 10 atom stereocenters. The van der Waals surface area contributed by atoms with E-state index >= 15 is 0 Å². The first-order valence-electron chi connectivity index (χ1n) is 11.1. The smallest absolute Gasteiger partial charge is 0.303 e. The van der Waals surface area contributed by atoms with Crippen molar-refractivity contribution in [1.29, 1.82) is 0 Å². The highest BCUT2D eigenvalue weighted by atomic mass is 16.6. The van der Waals surface area contributed by atoms with Crippen LogP contribution in [0.5, 0.6) is 0 Å². The Morgan fingerprint density at radius 2 is 1.34 bits per heavy atom. The number of hydrogen-bond acceptors (Lipinski definition) is 12. The Labute approximate surface area is 213 Å². The number of esters is 3. The predicted octanol–water partition coefficient (Wildman–Crippen LogP) is 2.28. The summed E-state index contributed by atoms with van der Waals surface area (Å²) in [7, 11) is 0. The molecule has 1 saturated carbocycles. The van der Waals surface area contributed by atoms with E-state index in [1.165, 1.54) is 0 Å². The zero-order valence-electron chi connectivity index (χ0n) is 20.4. The molecule has 0 radical (unpaired) electrons. The normalized spacial score (nSPS) is 34.0. The molecule has 204 valence electrons. The highest BCUT2D eigenvalue weighted by Gasteiger charge is 2.57. The van der Waals surface area contributed by atoms with Crippen molar-refractivity contribution in [2.45, 2.75) is 81.9 Å². The molecule has 0 aromatic heterocycles. The van der Waals surface area contributed by atoms with Gasteiger partial charge in [-0.25, -0.2) is 0 Å². The lowest BCUT2D eigenvalue weighted by molar-refractivity contribution is -0.230. The molecule has 0 bridgehead atoms. The molecule has 1 aliphatic carbocycles. The van der Waals surface area contributed by atoms with Gasteiger partial charge >= 0.3 is 17.9 Å². The fourth-order valence-corrected chi connectivity index (χ4v) is 4.72. The van der Waals surface area contributed by atoms with E-state index in [0.29, 0.717) is 0 Å². The maximum Gasteiger partial charge on any atom is 0.303 e. The fourth-order valence-electron chi connectivity index (χ4n) is 4.72. The van der Waals surface area contributed by atoms with Gasteiger partial charge in [-0.2, -0.15) is 0 Å². The van der Waals surface area contributed by atoms with E-state index in [1.807, 2.05) is 0 Å². The first kappa shape index (κ1) is 29.8. The van der Waals surface area contributed by atoms with Crippen LogP contribution < -0.4 is 0 Å². The van der Waals surface area contributed by atoms with Crippen LogP contribution in [0.2, 0.25) is 0 Å². The Bertz CT molecular complexity index is 1110. The Balaban J connectivity index is 2.71. The highest BCUT2D eigenvalue weighted by Crippen LogP contribution is 2.41. The number of nitrogens with zero attached hydrogens (tertiary/aromatic N) is 12. The molecule has 0 spiro atoms. The molecule has 1 aliphatic heterocycles. The highest BCUT2D eigenvalue weighted by molar-refractivity contribution is 5.67. The zero-order chi connectivity index (χ0) is 28.4. The quantitative estimate of drug-likeness (QED) is 0.149. The van der Waals surface area contributed by atoms with Crippen LogP contribution in [-0.4, -0.2) is 84.3 Å². The van der Waals surface area contributed by atoms with Gasteiger partial charge in [-0.1, -0.05) is 20.5 Å². The summed E-state index contributed by atoms with van der Waals surface area (Å²) in [6.07, 6.45) is -8.99. The van der Waals surface area contributed by atoms with E-state index in [0.717, 1.165) is 20.8 Å². The lowest BCUT2D eigenvalue weighted by Crippen LogP contribution is -2.66. The molecule has 2 rings (SSSR count). The van der Waals surface area contributed by atoms with Crippen LogP contribution in [0.25, 0.3) is 41.8 Å². The SMILES string of the molecule is CC(=O)O[C@@H]1[C@@H](N=[N+]=[N-])[C@@H]([C@H]2[C@@H](O)[C@@H](OC(C)=O)[C@H](N=[N+]=[N-])C[C@@H]2N=[N+]=[N-])O[C@H](CN=[N+]=[N-])[C@H]1OC(C)=O. The van der Waals surface area contributed by atoms with Crippen molar-refractivity contribution < 1.29 is 38.4 Å². The Kier molecular flexibility index (Phi) is 10.8. The van der Waals surface area contributed by atoms with Crippen molar-refractivity contribution in [2.24, 2.45) is 26.4 Å². The molecular formula is C18H24N12O8. The third-order valence-electron chi connectivity index (χ3n) is 5.93. The number of hydrogen-bond donors (Lipinski definition) is 1. The molecule has 1 heterocycles. The number of aliphatic hydroxyl groups excluding tert-OH is 1. The summed E-state index contributed by atoms with van der Waals surface area (Å²) in [5.41, 5.74) is 36.3. The number of carbonyl (C=O) groups is 3. The fraction of sp³-hybridized carbons (Fsp3) is 0.833. The van der Waals surface area contributed by atoms with Crippen LogP contribution in [0.15, 0.2) is 20.5 Å². The van der Waals surface area contributed by atoms with Crippen molar-refractivity contribution >= 4 is 17.9 Å². The summed E-state index contributed by atoms with van der Waals surface area (Å²) < 4.78 is 21.9. The van der Waals surface area contributed by atoms with Crippen LogP contribution in [-0.2, 0) is 33.3 Å². The number of azide groups is 4. The van der Waals surface area contributed by atoms with E-state index in [2.05, 4.69) is 40.1 Å². The average molecular weight is 536 g/mol. The second-order valence-corrected chi connectivity index (χ2v) is 8.32. The van der Waals surface area contributed by atoms with Gasteiger partial charge in [0.2, 0.25) is 0 Å². The molecule has 1 saturated heterocycles. The average Bonchev–Trinajstić information content (AvgIpc) is 2.83. The maximum atomic E-state index is 12.0. The van der Waals surface area contributed by atoms with Gasteiger partial charge in [-0.3, -0.25) is 14.4 Å². The minimum atomic E-state index is -1.72. The zero-order valence-corrected chi connectivity index (χ0v) is 20.4. The first-order chi connectivity index (χ1) is 18.1. The number of rotatable bonds is 9. The lowest BCUT2D eigenvalue weighted by atomic mass is 9.71. The van der Waals surface area contributed by atoms with Crippen molar-refractivity contribution in [2.75, 3.05) is 6.54 Å². The minimum Gasteiger partial charge on any atom is -0.459 e. The second kappa shape index (κ2) is 13.8. The van der Waals surface area contributed by atoms with Crippen LogP contribution in [0.3, 0.4) is 0 Å². The van der Waals surface area contributed by atoms with Gasteiger partial charge < -0.3 is 24.1 Å². The molecule has 38 heavy (non-hydrogen) atoms. The van der Waals surface area contributed by atoms with Gasteiger partial charge in [0.25, 0.3) is 0 Å². The van der Waals surface area contributed by atoms with Gasteiger partial charge in [0.15, 0.2) is 12.2 Å². The van der Waals surface area contributed by atoms with E-state index in [1.54, 1.807) is 0 Å². The van der Waals surface area contributed by atoms with Crippen LogP contribution in [0.1, 0.15) is 27.2 Å². The van der Waals surface area contributed by atoms with Crippen molar-refractivity contribution in [3.8, 4) is 0 Å². The summed E-state index contributed by atoms with van der Waals surface area (Å²) in [6, 6.07) is -3.81. The molecule has 20 nitrogen and oxygen atoms in total. The summed E-state index contributed by atoms with van der Waals surface area (Å²) >= 11 is 0. The van der Waals surface area contributed by atoms with Gasteiger partial charge in [0.05, 0.1) is 24.8 Å². The van der Waals surface area contributed by atoms with Crippen LogP contribution >= 0.6 is 0 Å². The molecule has 2 aliphatic rings. The Morgan fingerprint density at radius 3 is 1.87 bits per heavy atom. The van der Waals surface area contributed by atoms with Gasteiger partial charge in [-0.05, 0) is 28.5 Å². The molecule has 0 amide bonds. The molecule has 1 N–H and O–H groups in total. The summed E-state index contributed by atoms with van der Waals surface area (Å²) in [5, 5.41) is 25.6. The van der Waals surface area contributed by atoms with Gasteiger partial charge in [0, 0.05) is 52.4 Å². The van der Waals surface area contributed by atoms with E-state index in [9.17, 15) is 30.6 Å². The minimum absolute atomic E-state index is 0.219. The molecule has 0 aromatic rings. The first-order valence-corrected chi connectivity index (χ1v) is 11.1. The van der Waals surface area contributed by atoms with Crippen LogP contribution in [0, 0.1) is 5.92 Å². The van der Waals surface area contributed by atoms with Crippen molar-refractivity contribution in [3.05, 3.63) is 41.8 Å². The predicted molar refractivity (Wildman–Crippen MR) is 122 cm³/mol. The summed E-state index contributed by atoms with van der Waals surface area (Å²) in [6.45, 7) is 2.72. The molecule has 2 fully saturated rings. The van der Waals surface area contributed by atoms with Gasteiger partial charge in [0.1, 0.15) is 18.2 Å². The van der Waals surface area contributed by atoms with Gasteiger partial charge in [-0.15, -0.1) is 0 Å².